The van der Waals surface area contributed by atoms with Crippen molar-refractivity contribution in [2.24, 2.45) is 5.73 Å². The highest BCUT2D eigenvalue weighted by molar-refractivity contribution is 7.98. The standard InChI is InChI=1S/C13H15Cl2N3OS/c1-20-5-4-11(16)13-17-12(18-19-13)7-8-2-3-9(14)10(15)6-8/h2-3,6,11H,4-5,7,16H2,1H3/t11-/m0/s1. The van der Waals surface area contributed by atoms with Crippen LogP contribution < -0.4 is 5.73 Å². The Kier molecular flexibility index (Phi) is 5.72. The lowest BCUT2D eigenvalue weighted by Crippen LogP contribution is -2.11. The topological polar surface area (TPSA) is 64.9 Å². The monoisotopic (exact) mass is 331 g/mol. The van der Waals surface area contributed by atoms with Crippen molar-refractivity contribution in [2.75, 3.05) is 12.0 Å². The third-order valence-electron chi connectivity index (χ3n) is 2.78. The molecule has 1 aromatic heterocycles. The summed E-state index contributed by atoms with van der Waals surface area (Å²) in [5, 5.41) is 4.99. The van der Waals surface area contributed by atoms with Gasteiger partial charge in [-0.2, -0.15) is 16.7 Å². The summed E-state index contributed by atoms with van der Waals surface area (Å²) in [6, 6.07) is 5.23. The number of hydrogen-bond donors (Lipinski definition) is 1. The summed E-state index contributed by atoms with van der Waals surface area (Å²) in [6.45, 7) is 0. The van der Waals surface area contributed by atoms with Crippen LogP contribution in [0.1, 0.15) is 29.7 Å². The SMILES string of the molecule is CSCC[C@H](N)c1nc(Cc2ccc(Cl)c(Cl)c2)no1. The number of benzene rings is 1. The van der Waals surface area contributed by atoms with Gasteiger partial charge in [0.05, 0.1) is 16.1 Å². The van der Waals surface area contributed by atoms with E-state index in [1.807, 2.05) is 12.3 Å². The Hall–Kier alpha value is -0.750. The molecule has 4 nitrogen and oxygen atoms in total. The quantitative estimate of drug-likeness (QED) is 0.873. The van der Waals surface area contributed by atoms with Crippen molar-refractivity contribution in [3.8, 4) is 0 Å². The molecule has 1 heterocycles. The van der Waals surface area contributed by atoms with Gasteiger partial charge >= 0.3 is 0 Å². The summed E-state index contributed by atoms with van der Waals surface area (Å²) in [4.78, 5) is 4.32. The fourth-order valence-electron chi connectivity index (χ4n) is 1.69. The summed E-state index contributed by atoms with van der Waals surface area (Å²) in [7, 11) is 0. The zero-order valence-corrected chi connectivity index (χ0v) is 13.3. The predicted molar refractivity (Wildman–Crippen MR) is 83.5 cm³/mol. The fraction of sp³-hybridized carbons (Fsp3) is 0.385. The van der Waals surface area contributed by atoms with E-state index in [2.05, 4.69) is 10.1 Å². The smallest absolute Gasteiger partial charge is 0.243 e. The van der Waals surface area contributed by atoms with E-state index in [1.165, 1.54) is 0 Å². The normalized spacial score (nSPS) is 12.6. The minimum atomic E-state index is -0.211. The van der Waals surface area contributed by atoms with E-state index in [4.69, 9.17) is 33.5 Å². The molecule has 108 valence electrons. The van der Waals surface area contributed by atoms with Gasteiger partial charge in [-0.3, -0.25) is 0 Å². The van der Waals surface area contributed by atoms with Crippen molar-refractivity contribution in [2.45, 2.75) is 18.9 Å². The van der Waals surface area contributed by atoms with Crippen LogP contribution in [0.4, 0.5) is 0 Å². The number of aromatic nitrogens is 2. The molecule has 0 fully saturated rings. The number of halogens is 2. The molecule has 1 aromatic carbocycles. The van der Waals surface area contributed by atoms with Crippen LogP contribution in [-0.2, 0) is 6.42 Å². The van der Waals surface area contributed by atoms with Gasteiger partial charge in [0.2, 0.25) is 5.89 Å². The average molecular weight is 332 g/mol. The van der Waals surface area contributed by atoms with Crippen molar-refractivity contribution < 1.29 is 4.52 Å². The lowest BCUT2D eigenvalue weighted by atomic mass is 10.1. The molecule has 0 spiro atoms. The first-order valence-corrected chi connectivity index (χ1v) is 8.26. The summed E-state index contributed by atoms with van der Waals surface area (Å²) >= 11 is 13.6. The Labute approximate surface area is 132 Å². The van der Waals surface area contributed by atoms with Crippen LogP contribution in [0.25, 0.3) is 0 Å². The van der Waals surface area contributed by atoms with Crippen LogP contribution in [0.2, 0.25) is 10.0 Å². The number of rotatable bonds is 6. The van der Waals surface area contributed by atoms with Crippen molar-refractivity contribution in [3.63, 3.8) is 0 Å². The third kappa shape index (κ3) is 4.12. The Morgan fingerprint density at radius 1 is 1.35 bits per heavy atom. The van der Waals surface area contributed by atoms with Crippen LogP contribution in [0.3, 0.4) is 0 Å². The summed E-state index contributed by atoms with van der Waals surface area (Å²) in [6.07, 6.45) is 3.39. The Morgan fingerprint density at radius 2 is 2.15 bits per heavy atom. The van der Waals surface area contributed by atoms with E-state index in [9.17, 15) is 0 Å². The second-order valence-corrected chi connectivity index (χ2v) is 6.16. The van der Waals surface area contributed by atoms with Gasteiger partial charge < -0.3 is 10.3 Å². The molecule has 0 saturated carbocycles. The first kappa shape index (κ1) is 15.6. The molecule has 1 atom stereocenters. The Morgan fingerprint density at radius 3 is 2.85 bits per heavy atom. The van der Waals surface area contributed by atoms with Crippen molar-refractivity contribution >= 4 is 35.0 Å². The second kappa shape index (κ2) is 7.31. The maximum atomic E-state index is 5.98. The average Bonchev–Trinajstić information content (AvgIpc) is 2.89. The van der Waals surface area contributed by atoms with Gasteiger partial charge in [-0.05, 0) is 36.1 Å². The van der Waals surface area contributed by atoms with E-state index in [0.717, 1.165) is 17.7 Å². The lowest BCUT2D eigenvalue weighted by Gasteiger charge is -2.03. The molecule has 2 N–H and O–H groups in total. The molecule has 2 aromatic rings. The highest BCUT2D eigenvalue weighted by atomic mass is 35.5. The highest BCUT2D eigenvalue weighted by Crippen LogP contribution is 2.23. The van der Waals surface area contributed by atoms with Crippen LogP contribution in [0.5, 0.6) is 0 Å². The Bertz CT molecular complexity index is 576. The second-order valence-electron chi connectivity index (χ2n) is 4.36. The van der Waals surface area contributed by atoms with Crippen LogP contribution >= 0.6 is 35.0 Å². The highest BCUT2D eigenvalue weighted by Gasteiger charge is 2.14. The molecular formula is C13H15Cl2N3OS. The van der Waals surface area contributed by atoms with Crippen molar-refractivity contribution in [3.05, 3.63) is 45.5 Å². The molecule has 0 radical (unpaired) electrons. The molecule has 0 aliphatic carbocycles. The fourth-order valence-corrected chi connectivity index (χ4v) is 2.50. The molecule has 0 bridgehead atoms. The predicted octanol–water partition coefficient (Wildman–Crippen LogP) is 3.72. The molecule has 0 saturated heterocycles. The molecule has 2 rings (SSSR count). The zero-order valence-electron chi connectivity index (χ0n) is 11.0. The maximum Gasteiger partial charge on any atom is 0.243 e. The number of thioether (sulfide) groups is 1. The summed E-state index contributed by atoms with van der Waals surface area (Å²) in [5.74, 6) is 2.04. The van der Waals surface area contributed by atoms with Crippen LogP contribution in [-0.4, -0.2) is 22.1 Å². The van der Waals surface area contributed by atoms with E-state index >= 15 is 0 Å². The lowest BCUT2D eigenvalue weighted by molar-refractivity contribution is 0.349. The number of nitrogens with two attached hydrogens (primary N) is 1. The zero-order chi connectivity index (χ0) is 14.5. The van der Waals surface area contributed by atoms with Gasteiger partial charge in [-0.1, -0.05) is 34.4 Å². The molecule has 0 aliphatic rings. The molecule has 0 aliphatic heterocycles. The largest absolute Gasteiger partial charge is 0.338 e. The first-order chi connectivity index (χ1) is 9.60. The van der Waals surface area contributed by atoms with Gasteiger partial charge in [0.15, 0.2) is 5.82 Å². The van der Waals surface area contributed by atoms with Crippen molar-refractivity contribution in [1.29, 1.82) is 0 Å². The minimum Gasteiger partial charge on any atom is -0.338 e. The molecular weight excluding hydrogens is 317 g/mol. The van der Waals surface area contributed by atoms with Gasteiger partial charge in [0.25, 0.3) is 0 Å². The number of hydrogen-bond acceptors (Lipinski definition) is 5. The minimum absolute atomic E-state index is 0.211. The van der Waals surface area contributed by atoms with Gasteiger partial charge in [-0.15, -0.1) is 0 Å². The van der Waals surface area contributed by atoms with Crippen LogP contribution in [0.15, 0.2) is 22.7 Å². The van der Waals surface area contributed by atoms with Gasteiger partial charge in [0, 0.05) is 6.42 Å². The van der Waals surface area contributed by atoms with E-state index in [1.54, 1.807) is 23.9 Å². The van der Waals surface area contributed by atoms with Crippen LogP contribution in [0, 0.1) is 0 Å². The van der Waals surface area contributed by atoms with E-state index < -0.39 is 0 Å². The third-order valence-corrected chi connectivity index (χ3v) is 4.16. The van der Waals surface area contributed by atoms with Gasteiger partial charge in [-0.25, -0.2) is 0 Å². The molecule has 7 heteroatoms. The molecule has 20 heavy (non-hydrogen) atoms. The summed E-state index contributed by atoms with van der Waals surface area (Å²) < 4.78 is 5.20. The van der Waals surface area contributed by atoms with E-state index in [0.29, 0.717) is 28.2 Å². The molecule has 0 amide bonds. The first-order valence-electron chi connectivity index (χ1n) is 6.11. The number of nitrogens with zero attached hydrogens (tertiary/aromatic N) is 2. The van der Waals surface area contributed by atoms with E-state index in [-0.39, 0.29) is 6.04 Å². The van der Waals surface area contributed by atoms with Crippen molar-refractivity contribution in [1.82, 2.24) is 10.1 Å². The van der Waals surface area contributed by atoms with Gasteiger partial charge in [0.1, 0.15) is 0 Å². The Balaban J connectivity index is 2.03. The summed E-state index contributed by atoms with van der Waals surface area (Å²) in [5.41, 5.74) is 6.96. The maximum absolute atomic E-state index is 5.98. The molecule has 0 unspecified atom stereocenters.